The first kappa shape index (κ1) is 18.9. The van der Waals surface area contributed by atoms with Crippen molar-refractivity contribution in [2.45, 2.75) is 19.8 Å². The molecule has 6 nitrogen and oxygen atoms in total. The molecule has 2 amide bonds. The molecule has 3 aromatic rings. The van der Waals surface area contributed by atoms with Crippen LogP contribution in [-0.4, -0.2) is 41.9 Å². The van der Waals surface area contributed by atoms with Gasteiger partial charge in [-0.2, -0.15) is 0 Å². The lowest BCUT2D eigenvalue weighted by Gasteiger charge is -2.15. The first-order chi connectivity index (χ1) is 14.0. The number of benzene rings is 2. The number of hydrogen-bond acceptors (Lipinski definition) is 4. The van der Waals surface area contributed by atoms with Crippen LogP contribution in [0.4, 0.5) is 5.69 Å². The summed E-state index contributed by atoms with van der Waals surface area (Å²) in [5.74, 6) is 0.523. The number of fused-ring (bicyclic) bond motifs is 1. The molecule has 0 aliphatic carbocycles. The van der Waals surface area contributed by atoms with Crippen LogP contribution < -0.4 is 10.1 Å². The van der Waals surface area contributed by atoms with Gasteiger partial charge in [-0.3, -0.25) is 14.6 Å². The molecule has 2 heterocycles. The average molecular weight is 389 g/mol. The smallest absolute Gasteiger partial charge is 0.257 e. The molecule has 0 unspecified atom stereocenters. The number of carbonyl (C=O) groups excluding carboxylic acids is 2. The van der Waals surface area contributed by atoms with Crippen LogP contribution in [0, 0.1) is 6.92 Å². The van der Waals surface area contributed by atoms with Crippen molar-refractivity contribution in [3.63, 3.8) is 0 Å². The van der Waals surface area contributed by atoms with Gasteiger partial charge in [0, 0.05) is 29.7 Å². The summed E-state index contributed by atoms with van der Waals surface area (Å²) in [5, 5.41) is 3.73. The second-order valence-electron chi connectivity index (χ2n) is 7.21. The first-order valence-electron chi connectivity index (χ1n) is 9.71. The zero-order valence-electron chi connectivity index (χ0n) is 16.6. The highest BCUT2D eigenvalue weighted by Crippen LogP contribution is 2.23. The van der Waals surface area contributed by atoms with Gasteiger partial charge in [-0.05, 0) is 68.3 Å². The van der Waals surface area contributed by atoms with Crippen LogP contribution in [0.3, 0.4) is 0 Å². The maximum atomic E-state index is 12.8. The van der Waals surface area contributed by atoms with E-state index < -0.39 is 0 Å². The van der Waals surface area contributed by atoms with Crippen molar-refractivity contribution >= 4 is 28.4 Å². The summed E-state index contributed by atoms with van der Waals surface area (Å²) in [6, 6.07) is 14.4. The summed E-state index contributed by atoms with van der Waals surface area (Å²) in [5.41, 5.74) is 3.24. The summed E-state index contributed by atoms with van der Waals surface area (Å²) >= 11 is 0. The van der Waals surface area contributed by atoms with Crippen LogP contribution >= 0.6 is 0 Å². The lowest BCUT2D eigenvalue weighted by atomic mass is 10.1. The molecule has 0 saturated carbocycles. The van der Waals surface area contributed by atoms with E-state index in [1.54, 1.807) is 31.4 Å². The second-order valence-corrected chi connectivity index (χ2v) is 7.21. The third-order valence-electron chi connectivity index (χ3n) is 5.24. The van der Waals surface area contributed by atoms with Crippen LogP contribution in [0.2, 0.25) is 0 Å². The Bertz CT molecular complexity index is 1070. The molecule has 1 aromatic heterocycles. The molecule has 0 spiro atoms. The van der Waals surface area contributed by atoms with Gasteiger partial charge >= 0.3 is 0 Å². The van der Waals surface area contributed by atoms with Crippen molar-refractivity contribution in [3.05, 3.63) is 65.4 Å². The third kappa shape index (κ3) is 3.92. The molecule has 1 fully saturated rings. The molecule has 29 heavy (non-hydrogen) atoms. The van der Waals surface area contributed by atoms with Crippen LogP contribution in [0.5, 0.6) is 5.75 Å². The molecule has 0 atom stereocenters. The van der Waals surface area contributed by atoms with Gasteiger partial charge in [0.1, 0.15) is 5.75 Å². The van der Waals surface area contributed by atoms with E-state index in [2.05, 4.69) is 10.3 Å². The minimum absolute atomic E-state index is 0.0453. The quantitative estimate of drug-likeness (QED) is 0.731. The Kier molecular flexibility index (Phi) is 5.16. The highest BCUT2D eigenvalue weighted by Gasteiger charge is 2.19. The first-order valence-corrected chi connectivity index (χ1v) is 9.71. The minimum Gasteiger partial charge on any atom is -0.497 e. The number of aromatic nitrogens is 1. The van der Waals surface area contributed by atoms with Crippen LogP contribution in [0.25, 0.3) is 10.9 Å². The number of likely N-dealkylation sites (tertiary alicyclic amines) is 1. The molecule has 0 bridgehead atoms. The van der Waals surface area contributed by atoms with Crippen LogP contribution in [-0.2, 0) is 0 Å². The Hall–Kier alpha value is -3.41. The maximum Gasteiger partial charge on any atom is 0.257 e. The van der Waals surface area contributed by atoms with Gasteiger partial charge in [0.2, 0.25) is 0 Å². The summed E-state index contributed by atoms with van der Waals surface area (Å²) < 4.78 is 5.26. The molecular formula is C23H23N3O3. The fraction of sp³-hybridized carbons (Fsp3) is 0.261. The molecule has 1 saturated heterocycles. The van der Waals surface area contributed by atoms with E-state index >= 15 is 0 Å². The van der Waals surface area contributed by atoms with Gasteiger partial charge in [0.25, 0.3) is 11.8 Å². The predicted molar refractivity (Wildman–Crippen MR) is 113 cm³/mol. The number of anilines is 1. The summed E-state index contributed by atoms with van der Waals surface area (Å²) in [6.07, 6.45) is 2.12. The van der Waals surface area contributed by atoms with Gasteiger partial charge in [0.05, 0.1) is 23.9 Å². The summed E-state index contributed by atoms with van der Waals surface area (Å²) in [6.45, 7) is 3.45. The number of nitrogens with one attached hydrogen (secondary N) is 1. The molecule has 4 rings (SSSR count). The number of nitrogens with zero attached hydrogens (tertiary/aromatic N) is 2. The van der Waals surface area contributed by atoms with Gasteiger partial charge in [-0.15, -0.1) is 0 Å². The fourth-order valence-corrected chi connectivity index (χ4v) is 3.61. The van der Waals surface area contributed by atoms with Crippen LogP contribution in [0.15, 0.2) is 48.5 Å². The van der Waals surface area contributed by atoms with Gasteiger partial charge in [-0.25, -0.2) is 0 Å². The zero-order chi connectivity index (χ0) is 20.4. The molecule has 1 aliphatic rings. The topological polar surface area (TPSA) is 71.5 Å². The normalized spacial score (nSPS) is 13.5. The Morgan fingerprint density at radius 1 is 1.03 bits per heavy atom. The highest BCUT2D eigenvalue weighted by atomic mass is 16.5. The van der Waals surface area contributed by atoms with E-state index in [1.807, 2.05) is 36.1 Å². The number of aryl methyl sites for hydroxylation is 1. The van der Waals surface area contributed by atoms with E-state index in [4.69, 9.17) is 4.74 Å². The number of methoxy groups -OCH3 is 1. The van der Waals surface area contributed by atoms with Crippen molar-refractivity contribution < 1.29 is 14.3 Å². The van der Waals surface area contributed by atoms with Crippen LogP contribution in [0.1, 0.15) is 39.3 Å². The number of rotatable bonds is 4. The zero-order valence-corrected chi connectivity index (χ0v) is 16.6. The monoisotopic (exact) mass is 389 g/mol. The standard InChI is InChI=1S/C23H23N3O3/c1-15-20(14-17-13-19(29-2)9-10-21(17)24-15)22(27)25-18-7-5-16(6-8-18)23(28)26-11-3-4-12-26/h5-10,13-14H,3-4,11-12H2,1-2H3,(H,25,27). The summed E-state index contributed by atoms with van der Waals surface area (Å²) in [7, 11) is 1.61. The predicted octanol–water partition coefficient (Wildman–Crippen LogP) is 4.04. The van der Waals surface area contributed by atoms with E-state index in [0.29, 0.717) is 28.3 Å². The van der Waals surface area contributed by atoms with Gasteiger partial charge < -0.3 is 15.0 Å². The number of ether oxygens (including phenoxy) is 1. The van der Waals surface area contributed by atoms with Crippen molar-refractivity contribution in [1.82, 2.24) is 9.88 Å². The van der Waals surface area contributed by atoms with E-state index in [0.717, 1.165) is 36.8 Å². The molecule has 1 aliphatic heterocycles. The van der Waals surface area contributed by atoms with E-state index in [1.165, 1.54) is 0 Å². The largest absolute Gasteiger partial charge is 0.497 e. The van der Waals surface area contributed by atoms with E-state index in [-0.39, 0.29) is 11.8 Å². The van der Waals surface area contributed by atoms with Crippen molar-refractivity contribution in [1.29, 1.82) is 0 Å². The highest BCUT2D eigenvalue weighted by molar-refractivity contribution is 6.07. The van der Waals surface area contributed by atoms with Crippen molar-refractivity contribution in [2.75, 3.05) is 25.5 Å². The minimum atomic E-state index is -0.238. The molecule has 148 valence electrons. The molecule has 0 radical (unpaired) electrons. The van der Waals surface area contributed by atoms with Crippen molar-refractivity contribution in [2.24, 2.45) is 0 Å². The second kappa shape index (κ2) is 7.91. The van der Waals surface area contributed by atoms with E-state index in [9.17, 15) is 9.59 Å². The lowest BCUT2D eigenvalue weighted by Crippen LogP contribution is -2.27. The van der Waals surface area contributed by atoms with Gasteiger partial charge in [-0.1, -0.05) is 0 Å². The Morgan fingerprint density at radius 3 is 2.45 bits per heavy atom. The molecular weight excluding hydrogens is 366 g/mol. The maximum absolute atomic E-state index is 12.8. The lowest BCUT2D eigenvalue weighted by molar-refractivity contribution is 0.0792. The Balaban J connectivity index is 1.52. The molecule has 2 aromatic carbocycles. The Labute approximate surface area is 169 Å². The van der Waals surface area contributed by atoms with Crippen molar-refractivity contribution in [3.8, 4) is 5.75 Å². The SMILES string of the molecule is COc1ccc2nc(C)c(C(=O)Nc3ccc(C(=O)N4CCCC4)cc3)cc2c1. The average Bonchev–Trinajstić information content (AvgIpc) is 3.28. The number of hydrogen-bond donors (Lipinski definition) is 1. The number of amides is 2. The Morgan fingerprint density at radius 2 is 1.76 bits per heavy atom. The number of carbonyl (C=O) groups is 2. The molecule has 1 N–H and O–H groups in total. The molecule has 6 heteroatoms. The number of pyridine rings is 1. The summed E-state index contributed by atoms with van der Waals surface area (Å²) in [4.78, 5) is 31.6. The third-order valence-corrected chi connectivity index (χ3v) is 5.24. The van der Waals surface area contributed by atoms with Gasteiger partial charge in [0.15, 0.2) is 0 Å². The fourth-order valence-electron chi connectivity index (χ4n) is 3.61.